The van der Waals surface area contributed by atoms with Crippen LogP contribution in [-0.4, -0.2) is 76.8 Å². The maximum atomic E-state index is 14.1. The van der Waals surface area contributed by atoms with Crippen molar-refractivity contribution in [2.24, 2.45) is 0 Å². The Hall–Kier alpha value is -3.06. The Morgan fingerprint density at radius 2 is 1.58 bits per heavy atom. The minimum Gasteiger partial charge on any atom is -0.337 e. The molecule has 3 heterocycles. The Balaban J connectivity index is 0.00000461. The lowest BCUT2D eigenvalue weighted by molar-refractivity contribution is -0.143. The number of carbonyl (C=O) groups is 2. The van der Waals surface area contributed by atoms with Crippen molar-refractivity contribution in [1.82, 2.24) is 19.6 Å². The number of aryl methyl sites for hydroxylation is 1. The van der Waals surface area contributed by atoms with E-state index in [1.807, 2.05) is 4.90 Å². The van der Waals surface area contributed by atoms with Crippen LogP contribution in [0.3, 0.4) is 0 Å². The van der Waals surface area contributed by atoms with Crippen LogP contribution in [0.5, 0.6) is 0 Å². The smallest absolute Gasteiger partial charge is 0.337 e. The highest BCUT2D eigenvalue weighted by Gasteiger charge is 2.43. The molecule has 2 aromatic carbocycles. The predicted molar refractivity (Wildman–Crippen MR) is 155 cm³/mol. The molecule has 45 heavy (non-hydrogen) atoms. The van der Waals surface area contributed by atoms with Gasteiger partial charge in [0.15, 0.2) is 0 Å². The van der Waals surface area contributed by atoms with Crippen LogP contribution < -0.4 is 0 Å². The van der Waals surface area contributed by atoms with Gasteiger partial charge >= 0.3 is 18.4 Å². The number of piperidine rings is 1. The summed E-state index contributed by atoms with van der Waals surface area (Å²) in [5, 5.41) is 0. The summed E-state index contributed by atoms with van der Waals surface area (Å²) in [4.78, 5) is 33.2. The van der Waals surface area contributed by atoms with Crippen LogP contribution in [0.4, 0.5) is 35.5 Å². The van der Waals surface area contributed by atoms with Crippen molar-refractivity contribution in [3.05, 3.63) is 70.0 Å². The second-order valence-corrected chi connectivity index (χ2v) is 12.1. The zero-order valence-electron chi connectivity index (χ0n) is 25.1. The van der Waals surface area contributed by atoms with Crippen LogP contribution in [-0.2, 0) is 17.1 Å². The molecule has 0 saturated carbocycles. The van der Waals surface area contributed by atoms with Gasteiger partial charge in [-0.1, -0.05) is 6.07 Å². The lowest BCUT2D eigenvalue weighted by atomic mass is 9.88. The highest BCUT2D eigenvalue weighted by molar-refractivity contribution is 5.85. The van der Waals surface area contributed by atoms with Gasteiger partial charge in [0.05, 0.1) is 23.2 Å². The van der Waals surface area contributed by atoms with E-state index >= 15 is 0 Å². The number of nitrogens with zero attached hydrogens (tertiary/aromatic N) is 4. The standard InChI is InChI=1S/C31H35F7N4O2.ClH/c1-18-12-23(32)4-6-26(18)27-16-24(40-10-11-41-25(17-40)5-7-28(41)43)8-9-42(27)29(44)39(3)19(2)20-13-21(30(33,34)35)15-22(14-20)31(36,37)38;/h4,6,12-15,19,24-25,27H,5,7-11,16-17H2,1-3H3;1H/t19-,24-,25+,27-;/m1./s1. The summed E-state index contributed by atoms with van der Waals surface area (Å²) in [6.07, 6.45) is -7.60. The first-order valence-corrected chi connectivity index (χ1v) is 14.7. The molecule has 3 saturated heterocycles. The predicted octanol–water partition coefficient (Wildman–Crippen LogP) is 7.22. The van der Waals surface area contributed by atoms with E-state index in [4.69, 9.17) is 0 Å². The van der Waals surface area contributed by atoms with Crippen LogP contribution in [0.25, 0.3) is 0 Å². The normalized spacial score (nSPS) is 23.4. The summed E-state index contributed by atoms with van der Waals surface area (Å²) in [6, 6.07) is 3.68. The van der Waals surface area contributed by atoms with Gasteiger partial charge in [0.25, 0.3) is 0 Å². The highest BCUT2D eigenvalue weighted by atomic mass is 35.5. The average molecular weight is 665 g/mol. The molecular formula is C31H36ClF7N4O2. The van der Waals surface area contributed by atoms with Gasteiger partial charge in [-0.3, -0.25) is 9.69 Å². The van der Waals surface area contributed by atoms with Gasteiger partial charge in [-0.25, -0.2) is 9.18 Å². The van der Waals surface area contributed by atoms with E-state index in [9.17, 15) is 40.3 Å². The lowest BCUT2D eigenvalue weighted by Gasteiger charge is -2.48. The fraction of sp³-hybridized carbons (Fsp3) is 0.548. The summed E-state index contributed by atoms with van der Waals surface area (Å²) in [5.74, 6) is -0.274. The van der Waals surface area contributed by atoms with Crippen molar-refractivity contribution in [3.8, 4) is 0 Å². The number of amides is 3. The van der Waals surface area contributed by atoms with Crippen LogP contribution in [0.2, 0.25) is 0 Å². The number of likely N-dealkylation sites (tertiary alicyclic amines) is 1. The number of hydrogen-bond donors (Lipinski definition) is 0. The van der Waals surface area contributed by atoms with E-state index in [-0.39, 0.29) is 48.6 Å². The van der Waals surface area contributed by atoms with E-state index in [2.05, 4.69) is 4.90 Å². The molecule has 14 heteroatoms. The first-order chi connectivity index (χ1) is 20.5. The quantitative estimate of drug-likeness (QED) is 0.325. The van der Waals surface area contributed by atoms with E-state index in [1.165, 1.54) is 26.1 Å². The number of rotatable bonds is 4. The molecule has 2 aromatic rings. The Morgan fingerprint density at radius 3 is 2.18 bits per heavy atom. The number of alkyl halides is 6. The maximum absolute atomic E-state index is 14.1. The first-order valence-electron chi connectivity index (χ1n) is 14.7. The molecule has 0 bridgehead atoms. The fourth-order valence-electron chi connectivity index (χ4n) is 6.85. The van der Waals surface area contributed by atoms with Crippen molar-refractivity contribution in [2.75, 3.05) is 33.2 Å². The van der Waals surface area contributed by atoms with Crippen molar-refractivity contribution in [2.45, 2.75) is 76.1 Å². The monoisotopic (exact) mass is 664 g/mol. The van der Waals surface area contributed by atoms with Crippen LogP contribution >= 0.6 is 12.4 Å². The fourth-order valence-corrected chi connectivity index (χ4v) is 6.85. The van der Waals surface area contributed by atoms with E-state index in [0.717, 1.165) is 16.9 Å². The molecule has 3 aliphatic heterocycles. The van der Waals surface area contributed by atoms with Gasteiger partial charge < -0.3 is 14.7 Å². The second-order valence-electron chi connectivity index (χ2n) is 12.1. The molecule has 3 amide bonds. The Bertz CT molecular complexity index is 1390. The molecular weight excluding hydrogens is 629 g/mol. The number of carbonyl (C=O) groups excluding carboxylic acids is 2. The Morgan fingerprint density at radius 1 is 0.933 bits per heavy atom. The van der Waals surface area contributed by atoms with Gasteiger partial charge in [0.1, 0.15) is 5.82 Å². The summed E-state index contributed by atoms with van der Waals surface area (Å²) in [7, 11) is 1.36. The van der Waals surface area contributed by atoms with E-state index in [0.29, 0.717) is 56.6 Å². The minimum absolute atomic E-state index is 0. The van der Waals surface area contributed by atoms with Crippen molar-refractivity contribution in [3.63, 3.8) is 0 Å². The summed E-state index contributed by atoms with van der Waals surface area (Å²) < 4.78 is 95.2. The van der Waals surface area contributed by atoms with Gasteiger partial charge in [0.2, 0.25) is 5.91 Å². The largest absolute Gasteiger partial charge is 0.416 e. The third-order valence-electron chi connectivity index (χ3n) is 9.43. The third-order valence-corrected chi connectivity index (χ3v) is 9.43. The SMILES string of the molecule is Cc1cc(F)ccc1[C@H]1C[C@H](N2CCN3C(=O)CC[C@H]3C2)CCN1C(=O)N(C)[C@H](C)c1cc(C(F)(F)F)cc(C(F)(F)F)c1.Cl. The second kappa shape index (κ2) is 13.0. The molecule has 3 fully saturated rings. The number of benzene rings is 2. The molecule has 6 nitrogen and oxygen atoms in total. The highest BCUT2D eigenvalue weighted by Crippen LogP contribution is 2.40. The molecule has 4 atom stereocenters. The van der Waals surface area contributed by atoms with Crippen molar-refractivity contribution < 1.29 is 40.3 Å². The molecule has 0 aliphatic carbocycles. The van der Waals surface area contributed by atoms with Crippen LogP contribution in [0, 0.1) is 12.7 Å². The molecule has 0 spiro atoms. The molecule has 5 rings (SSSR count). The molecule has 248 valence electrons. The van der Waals surface area contributed by atoms with Gasteiger partial charge in [-0.05, 0) is 80.1 Å². The van der Waals surface area contributed by atoms with Gasteiger partial charge in [0, 0.05) is 51.7 Å². The molecule has 0 aromatic heterocycles. The summed E-state index contributed by atoms with van der Waals surface area (Å²) in [6.45, 7) is 5.43. The number of fused-ring (bicyclic) bond motifs is 1. The molecule has 0 N–H and O–H groups in total. The number of urea groups is 1. The van der Waals surface area contributed by atoms with Crippen LogP contribution in [0.1, 0.15) is 72.5 Å². The average Bonchev–Trinajstić information content (AvgIpc) is 3.34. The first kappa shape index (κ1) is 34.8. The maximum Gasteiger partial charge on any atom is 0.416 e. The van der Waals surface area contributed by atoms with Crippen molar-refractivity contribution in [1.29, 1.82) is 0 Å². The summed E-state index contributed by atoms with van der Waals surface area (Å²) in [5.41, 5.74) is -1.84. The van der Waals surface area contributed by atoms with Crippen LogP contribution in [0.15, 0.2) is 36.4 Å². The lowest BCUT2D eigenvalue weighted by Crippen LogP contribution is -2.57. The zero-order chi connectivity index (χ0) is 32.1. The van der Waals surface area contributed by atoms with Gasteiger partial charge in [-0.15, -0.1) is 12.4 Å². The van der Waals surface area contributed by atoms with E-state index < -0.39 is 47.4 Å². The molecule has 0 unspecified atom stereocenters. The Kier molecular flexibility index (Phi) is 10.0. The molecule has 0 radical (unpaired) electrons. The number of hydrogen-bond acceptors (Lipinski definition) is 3. The molecule has 3 aliphatic rings. The van der Waals surface area contributed by atoms with Gasteiger partial charge in [-0.2, -0.15) is 26.3 Å². The zero-order valence-corrected chi connectivity index (χ0v) is 25.9. The topological polar surface area (TPSA) is 47.1 Å². The number of piperazine rings is 1. The minimum atomic E-state index is -5.01. The summed E-state index contributed by atoms with van der Waals surface area (Å²) >= 11 is 0. The van der Waals surface area contributed by atoms with Crippen molar-refractivity contribution >= 4 is 24.3 Å². The number of halogens is 8. The third kappa shape index (κ3) is 7.19. The van der Waals surface area contributed by atoms with E-state index in [1.54, 1.807) is 17.9 Å². The Labute approximate surface area is 263 Å².